The van der Waals surface area contributed by atoms with Crippen molar-refractivity contribution in [1.82, 2.24) is 0 Å². The summed E-state index contributed by atoms with van der Waals surface area (Å²) >= 11 is 0. The van der Waals surface area contributed by atoms with E-state index in [4.69, 9.17) is 28.4 Å². The fraction of sp³-hybridized carbons (Fsp3) is 0.268. The SMILES string of the molecule is CC1(C)O[C@H]2[C@@H](O1)[C@@H](COC(c1ccccc1)(c1ccccc1)c1ccccc1)O[C@@H](Oc1ccc([N+](=O)[O-])cc1)[C@@H]2OCc1ccccc1. The quantitative estimate of drug-likeness (QED) is 0.0752. The lowest BCUT2D eigenvalue weighted by Gasteiger charge is -2.43. The average Bonchev–Trinajstić information content (AvgIpc) is 3.48. The van der Waals surface area contributed by atoms with Gasteiger partial charge in [-0.15, -0.1) is 0 Å². The number of ether oxygens (including phenoxy) is 6. The van der Waals surface area contributed by atoms with Crippen molar-refractivity contribution in [2.24, 2.45) is 0 Å². The maximum atomic E-state index is 11.3. The van der Waals surface area contributed by atoms with Gasteiger partial charge in [0.2, 0.25) is 6.29 Å². The van der Waals surface area contributed by atoms with Crippen LogP contribution in [0.15, 0.2) is 146 Å². The molecule has 7 rings (SSSR count). The van der Waals surface area contributed by atoms with E-state index in [0.29, 0.717) is 5.75 Å². The average molecular weight is 674 g/mol. The van der Waals surface area contributed by atoms with Gasteiger partial charge in [-0.3, -0.25) is 10.1 Å². The van der Waals surface area contributed by atoms with Crippen molar-refractivity contribution in [2.75, 3.05) is 6.61 Å². The first-order valence-corrected chi connectivity index (χ1v) is 16.7. The van der Waals surface area contributed by atoms with Crippen molar-refractivity contribution in [2.45, 2.75) is 62.5 Å². The molecule has 0 amide bonds. The smallest absolute Gasteiger partial charge is 0.269 e. The molecule has 9 heteroatoms. The molecule has 50 heavy (non-hydrogen) atoms. The van der Waals surface area contributed by atoms with Crippen LogP contribution < -0.4 is 4.74 Å². The fourth-order valence-electron chi connectivity index (χ4n) is 6.77. The van der Waals surface area contributed by atoms with Crippen LogP contribution in [0.1, 0.15) is 36.1 Å². The van der Waals surface area contributed by atoms with E-state index in [9.17, 15) is 10.1 Å². The lowest BCUT2D eigenvalue weighted by Crippen LogP contribution is -2.60. The van der Waals surface area contributed by atoms with Gasteiger partial charge in [-0.2, -0.15) is 0 Å². The lowest BCUT2D eigenvalue weighted by atomic mass is 9.80. The highest BCUT2D eigenvalue weighted by Gasteiger charge is 2.57. The van der Waals surface area contributed by atoms with Crippen LogP contribution in [-0.4, -0.2) is 48.0 Å². The van der Waals surface area contributed by atoms with Crippen LogP contribution in [-0.2, 0) is 35.9 Å². The Morgan fingerprint density at radius 2 is 1.20 bits per heavy atom. The Morgan fingerprint density at radius 1 is 0.700 bits per heavy atom. The molecule has 0 N–H and O–H groups in total. The molecule has 0 spiro atoms. The van der Waals surface area contributed by atoms with Gasteiger partial charge in [0.15, 0.2) is 5.79 Å². The van der Waals surface area contributed by atoms with Gasteiger partial charge in [-0.1, -0.05) is 121 Å². The second-order valence-electron chi connectivity index (χ2n) is 12.8. The van der Waals surface area contributed by atoms with Gasteiger partial charge in [0.05, 0.1) is 18.1 Å². The number of fused-ring (bicyclic) bond motifs is 1. The first kappa shape index (κ1) is 33.6. The van der Waals surface area contributed by atoms with Crippen LogP contribution in [0.5, 0.6) is 5.75 Å². The Hall–Kier alpha value is -4.90. The van der Waals surface area contributed by atoms with E-state index in [-0.39, 0.29) is 18.9 Å². The van der Waals surface area contributed by atoms with E-state index in [2.05, 4.69) is 36.4 Å². The van der Waals surface area contributed by atoms with Gasteiger partial charge in [0.1, 0.15) is 35.8 Å². The summed E-state index contributed by atoms with van der Waals surface area (Å²) in [5.74, 6) is -0.555. The Bertz CT molecular complexity index is 1740. The molecule has 0 aromatic heterocycles. The third-order valence-corrected chi connectivity index (χ3v) is 9.02. The van der Waals surface area contributed by atoms with Crippen molar-refractivity contribution >= 4 is 5.69 Å². The molecule has 0 aliphatic carbocycles. The predicted octanol–water partition coefficient (Wildman–Crippen LogP) is 7.81. The number of hydrogen-bond acceptors (Lipinski definition) is 8. The first-order chi connectivity index (χ1) is 24.3. The van der Waals surface area contributed by atoms with Gasteiger partial charge in [0.25, 0.3) is 5.69 Å². The first-order valence-electron chi connectivity index (χ1n) is 16.7. The number of nitro groups is 1. The van der Waals surface area contributed by atoms with Crippen molar-refractivity contribution < 1.29 is 33.3 Å². The molecule has 2 saturated heterocycles. The summed E-state index contributed by atoms with van der Waals surface area (Å²) in [6.45, 7) is 4.12. The van der Waals surface area contributed by atoms with Crippen LogP contribution in [0.25, 0.3) is 0 Å². The number of nitro benzene ring substituents is 1. The third kappa shape index (κ3) is 7.05. The van der Waals surface area contributed by atoms with E-state index < -0.39 is 47.0 Å². The number of rotatable bonds is 12. The minimum Gasteiger partial charge on any atom is -0.462 e. The molecule has 0 unspecified atom stereocenters. The molecule has 2 aliphatic heterocycles. The molecule has 9 nitrogen and oxygen atoms in total. The molecule has 5 atom stereocenters. The highest BCUT2D eigenvalue weighted by atomic mass is 16.8. The zero-order chi connectivity index (χ0) is 34.6. The van der Waals surface area contributed by atoms with E-state index >= 15 is 0 Å². The summed E-state index contributed by atoms with van der Waals surface area (Å²) in [6.07, 6.45) is -3.49. The highest BCUT2D eigenvalue weighted by molar-refractivity contribution is 5.47. The zero-order valence-electron chi connectivity index (χ0n) is 27.9. The minimum atomic E-state index is -0.993. The third-order valence-electron chi connectivity index (χ3n) is 9.02. The topological polar surface area (TPSA) is 98.5 Å². The molecule has 0 saturated carbocycles. The predicted molar refractivity (Wildman–Crippen MR) is 186 cm³/mol. The van der Waals surface area contributed by atoms with Crippen LogP contribution in [0.4, 0.5) is 5.69 Å². The summed E-state index contributed by atoms with van der Waals surface area (Å²) < 4.78 is 40.0. The number of non-ortho nitro benzene ring substituents is 1. The van der Waals surface area contributed by atoms with Crippen molar-refractivity contribution in [1.29, 1.82) is 0 Å². The van der Waals surface area contributed by atoms with Crippen LogP contribution in [0.3, 0.4) is 0 Å². The zero-order valence-corrected chi connectivity index (χ0v) is 27.9. The molecule has 256 valence electrons. The maximum absolute atomic E-state index is 11.3. The molecular weight excluding hydrogens is 634 g/mol. The second kappa shape index (κ2) is 14.5. The molecule has 2 heterocycles. The van der Waals surface area contributed by atoms with Crippen molar-refractivity contribution in [3.05, 3.63) is 178 Å². The summed E-state index contributed by atoms with van der Waals surface area (Å²) in [7, 11) is 0. The number of benzene rings is 5. The van der Waals surface area contributed by atoms with Gasteiger partial charge in [-0.25, -0.2) is 0 Å². The van der Waals surface area contributed by atoms with E-state index in [1.165, 1.54) is 12.1 Å². The van der Waals surface area contributed by atoms with Gasteiger partial charge in [-0.05, 0) is 48.2 Å². The van der Waals surface area contributed by atoms with Gasteiger partial charge in [0, 0.05) is 12.1 Å². The van der Waals surface area contributed by atoms with Gasteiger partial charge >= 0.3 is 0 Å². The van der Waals surface area contributed by atoms with Crippen LogP contribution >= 0.6 is 0 Å². The van der Waals surface area contributed by atoms with E-state index in [1.807, 2.05) is 98.8 Å². The van der Waals surface area contributed by atoms with E-state index in [0.717, 1.165) is 22.3 Å². The Labute approximate surface area is 291 Å². The standard InChI is InChI=1S/C41H39NO8/c1-40(2)49-36-35(28-46-41(30-17-9-4-10-18-30,31-19-11-5-12-20-31)32-21-13-6-14-22-32)48-39(47-34-25-23-33(24-26-34)42(43)44)38(37(36)50-40)45-27-29-15-7-3-8-16-29/h3-26,35-39H,27-28H2,1-2H3/t35-,36+,37+,38-,39-/m1/s1. The summed E-state index contributed by atoms with van der Waals surface area (Å²) in [5, 5.41) is 11.3. The lowest BCUT2D eigenvalue weighted by molar-refractivity contribution is -0.384. The molecule has 2 fully saturated rings. The van der Waals surface area contributed by atoms with Gasteiger partial charge < -0.3 is 28.4 Å². The van der Waals surface area contributed by atoms with Crippen molar-refractivity contribution in [3.63, 3.8) is 0 Å². The Balaban J connectivity index is 1.25. The minimum absolute atomic E-state index is 0.0431. The molecule has 0 radical (unpaired) electrons. The Kier molecular flexibility index (Phi) is 9.76. The van der Waals surface area contributed by atoms with Crippen molar-refractivity contribution in [3.8, 4) is 5.75 Å². The highest BCUT2D eigenvalue weighted by Crippen LogP contribution is 2.44. The summed E-state index contributed by atoms with van der Waals surface area (Å²) in [6, 6.07) is 46.1. The number of hydrogen-bond donors (Lipinski definition) is 0. The molecular formula is C41H39NO8. The van der Waals surface area contributed by atoms with E-state index in [1.54, 1.807) is 12.1 Å². The maximum Gasteiger partial charge on any atom is 0.269 e. The monoisotopic (exact) mass is 673 g/mol. The second-order valence-corrected chi connectivity index (χ2v) is 12.8. The molecule has 5 aromatic carbocycles. The normalized spacial score (nSPS) is 22.8. The number of nitrogens with zero attached hydrogens (tertiary/aromatic N) is 1. The fourth-order valence-corrected chi connectivity index (χ4v) is 6.77. The molecule has 2 aliphatic rings. The molecule has 0 bridgehead atoms. The van der Waals surface area contributed by atoms with Crippen LogP contribution in [0, 0.1) is 10.1 Å². The van der Waals surface area contributed by atoms with Crippen LogP contribution in [0.2, 0.25) is 0 Å². The Morgan fingerprint density at radius 3 is 1.72 bits per heavy atom. The molecule has 5 aromatic rings. The largest absolute Gasteiger partial charge is 0.462 e. The summed E-state index contributed by atoms with van der Waals surface area (Å²) in [4.78, 5) is 10.9. The summed E-state index contributed by atoms with van der Waals surface area (Å²) in [5.41, 5.74) is 2.80.